The van der Waals surface area contributed by atoms with Crippen molar-refractivity contribution in [3.8, 4) is 0 Å². The molecule has 0 fully saturated rings. The molecule has 5 N–H and O–H groups in total. The Morgan fingerprint density at radius 2 is 0.867 bits per heavy atom. The molecule has 0 radical (unpaired) electrons. The molecule has 0 aromatic heterocycles. The first-order valence-electron chi connectivity index (χ1n) is 17.7. The smallest absolute Gasteiger partial charge is 0.282 e. The number of hydrogen-bond acceptors (Lipinski definition) is 10. The van der Waals surface area contributed by atoms with Crippen LogP contribution in [0.1, 0.15) is 61.1 Å². The summed E-state index contributed by atoms with van der Waals surface area (Å²) in [6, 6.07) is 16.4. The van der Waals surface area contributed by atoms with Crippen LogP contribution < -0.4 is 0 Å². The summed E-state index contributed by atoms with van der Waals surface area (Å²) in [4.78, 5) is -2.27. The van der Waals surface area contributed by atoms with E-state index in [1.807, 2.05) is 6.92 Å². The van der Waals surface area contributed by atoms with Crippen molar-refractivity contribution < 1.29 is 64.9 Å². The molecule has 60 heavy (non-hydrogen) atoms. The maximum absolute atomic E-state index is 11.9. The fourth-order valence-electron chi connectivity index (χ4n) is 6.37. The van der Waals surface area contributed by atoms with Crippen LogP contribution in [0.3, 0.4) is 0 Å². The maximum Gasteiger partial charge on any atom is 0.294 e. The zero-order chi connectivity index (χ0) is 45.4. The maximum atomic E-state index is 11.9. The lowest BCUT2D eigenvalue weighted by atomic mass is 9.74. The highest BCUT2D eigenvalue weighted by Gasteiger charge is 2.27. The number of aryl methyl sites for hydroxylation is 1. The first-order valence-corrected chi connectivity index (χ1v) is 24.9. The molecule has 3 aromatic carbocycles. The third-order valence-corrected chi connectivity index (χ3v) is 14.1. The Morgan fingerprint density at radius 3 is 1.25 bits per heavy atom. The van der Waals surface area contributed by atoms with Gasteiger partial charge in [0, 0.05) is 0 Å². The van der Waals surface area contributed by atoms with Gasteiger partial charge in [-0.15, -0.1) is 0 Å². The third-order valence-electron chi connectivity index (χ3n) is 9.85. The molecule has 0 saturated carbocycles. The van der Waals surface area contributed by atoms with E-state index in [4.69, 9.17) is 0 Å². The van der Waals surface area contributed by atoms with Crippen molar-refractivity contribution in [3.63, 3.8) is 0 Å². The highest BCUT2D eigenvalue weighted by atomic mass is 32.2. The minimum absolute atomic E-state index is 0.184. The molecule has 3 aromatic rings. The molecular weight excluding hydrogens is 881 g/mol. The Balaban J connectivity index is 2.16. The lowest BCUT2D eigenvalue weighted by Crippen LogP contribution is -2.17. The predicted octanol–water partition coefficient (Wildman–Crippen LogP) is 7.38. The van der Waals surface area contributed by atoms with Gasteiger partial charge in [0.05, 0.1) is 24.5 Å². The van der Waals surface area contributed by atoms with Gasteiger partial charge in [-0.05, 0) is 121 Å². The molecule has 15 nitrogen and oxygen atoms in total. The zero-order valence-electron chi connectivity index (χ0n) is 32.3. The molecule has 4 atom stereocenters. The van der Waals surface area contributed by atoms with Crippen molar-refractivity contribution >= 4 is 50.6 Å². The molecule has 326 valence electrons. The summed E-state index contributed by atoms with van der Waals surface area (Å²) in [7, 11) is -22.8. The van der Waals surface area contributed by atoms with Crippen molar-refractivity contribution in [2.75, 3.05) is 0 Å². The first-order chi connectivity index (χ1) is 27.5. The van der Waals surface area contributed by atoms with Crippen molar-refractivity contribution in [3.05, 3.63) is 161 Å². The van der Waals surface area contributed by atoms with Gasteiger partial charge in [0.1, 0.15) is 0 Å². The lowest BCUT2D eigenvalue weighted by molar-refractivity contribution is 0.377. The molecule has 0 amide bonds. The molecule has 20 heteroatoms. The lowest BCUT2D eigenvalue weighted by Gasteiger charge is -2.30. The quantitative estimate of drug-likeness (QED) is 0.0486. The largest absolute Gasteiger partial charge is 0.294 e. The Morgan fingerprint density at radius 1 is 0.500 bits per heavy atom. The van der Waals surface area contributed by atoms with Crippen LogP contribution in [-0.2, 0) is 57.0 Å². The molecule has 0 saturated heterocycles. The summed E-state index contributed by atoms with van der Waals surface area (Å²) in [6.07, 6.45) is 6.13. The summed E-state index contributed by atoms with van der Waals surface area (Å²) >= 11 is 0. The summed E-state index contributed by atoms with van der Waals surface area (Å²) in [5.74, 6) is -1.91. The van der Waals surface area contributed by atoms with Gasteiger partial charge in [0.2, 0.25) is 0 Å². The van der Waals surface area contributed by atoms with Crippen LogP contribution in [0.25, 0.3) is 0 Å². The fourth-order valence-corrected chi connectivity index (χ4v) is 8.29. The highest BCUT2D eigenvalue weighted by Crippen LogP contribution is 2.40. The highest BCUT2D eigenvalue weighted by molar-refractivity contribution is 7.90. The van der Waals surface area contributed by atoms with Gasteiger partial charge in [-0.2, -0.15) is 42.1 Å². The van der Waals surface area contributed by atoms with Crippen LogP contribution in [0.5, 0.6) is 0 Å². The van der Waals surface area contributed by atoms with Crippen LogP contribution in [0, 0.1) is 11.8 Å². The zero-order valence-corrected chi connectivity index (χ0v) is 36.4. The summed E-state index contributed by atoms with van der Waals surface area (Å²) in [5.41, 5.74) is 2.63. The minimum Gasteiger partial charge on any atom is -0.282 e. The molecule has 3 rings (SSSR count). The molecule has 0 heterocycles. The Labute approximate surface area is 352 Å². The van der Waals surface area contributed by atoms with E-state index in [0.717, 1.165) is 12.2 Å². The Hall–Kier alpha value is -4.35. The van der Waals surface area contributed by atoms with Gasteiger partial charge in [-0.3, -0.25) is 22.8 Å². The van der Waals surface area contributed by atoms with Crippen molar-refractivity contribution in [1.29, 1.82) is 0 Å². The SMILES string of the molecule is C=C(/C=C\C(=C)S(=O)(=O)O)C(CCc1ccc(S(=O)(=O)O)cc1)CC(CC(CC(C)c1ccc(S(=O)(=O)O)cc1)c1ccc(S(=O)(=O)O)cc1)C(=C)/C=C\C(=C)S(=O)(=O)O. The van der Waals surface area contributed by atoms with Gasteiger partial charge < -0.3 is 0 Å². The van der Waals surface area contributed by atoms with E-state index in [1.54, 1.807) is 0 Å². The van der Waals surface area contributed by atoms with E-state index in [-0.39, 0.29) is 33.4 Å². The third kappa shape index (κ3) is 15.3. The Bertz CT molecular complexity index is 2720. The number of benzene rings is 3. The van der Waals surface area contributed by atoms with Crippen LogP contribution in [0.15, 0.2) is 159 Å². The molecule has 0 aliphatic heterocycles. The Kier molecular flexibility index (Phi) is 16.7. The molecule has 0 aliphatic carbocycles. The van der Waals surface area contributed by atoms with E-state index in [1.165, 1.54) is 84.9 Å². The summed E-state index contributed by atoms with van der Waals surface area (Å²) in [5, 5.41) is 0. The average Bonchev–Trinajstić information content (AvgIpc) is 3.14. The van der Waals surface area contributed by atoms with Gasteiger partial charge >= 0.3 is 0 Å². The summed E-state index contributed by atoms with van der Waals surface area (Å²) < 4.78 is 165. The average molecular weight is 927 g/mol. The standard InChI is InChI=1S/C40H46O15S5/c1-27(6-8-30(4)56(41,42)43)35(13-10-32-11-18-38(19-12-32)58(47,48)49)25-36(28(2)7-9-31(5)57(44,45)46)26-37(34-16-22-40(23-17-34)60(53,54)55)24-29(3)33-14-20-39(21-15-33)59(50,51)52/h6-9,11-12,14-23,29,35-37H,1-2,4-5,10,13,24-26H2,3H3,(H,41,42,43)(H,44,45,46)(H,47,48,49)(H,50,51,52)(H,53,54,55)/b8-6-,9-7-. The van der Waals surface area contributed by atoms with E-state index in [0.29, 0.717) is 47.1 Å². The van der Waals surface area contributed by atoms with Gasteiger partial charge in [0.25, 0.3) is 50.6 Å². The van der Waals surface area contributed by atoms with Crippen LogP contribution >= 0.6 is 0 Å². The van der Waals surface area contributed by atoms with Crippen LogP contribution in [0.4, 0.5) is 0 Å². The fraction of sp³-hybridized carbons (Fsp3) is 0.250. The van der Waals surface area contributed by atoms with E-state index < -0.39 is 78.2 Å². The van der Waals surface area contributed by atoms with E-state index in [2.05, 4.69) is 26.3 Å². The molecular formula is C40H46O15S5. The second-order valence-corrected chi connectivity index (χ2v) is 21.4. The summed E-state index contributed by atoms with van der Waals surface area (Å²) in [6.45, 7) is 16.9. The predicted molar refractivity (Wildman–Crippen MR) is 227 cm³/mol. The topological polar surface area (TPSA) is 272 Å². The molecule has 4 unspecified atom stereocenters. The van der Waals surface area contributed by atoms with Gasteiger partial charge in [-0.25, -0.2) is 0 Å². The number of allylic oxidation sites excluding steroid dienone is 6. The molecule has 0 spiro atoms. The second-order valence-electron chi connectivity index (χ2n) is 14.1. The second kappa shape index (κ2) is 20.0. The van der Waals surface area contributed by atoms with E-state index >= 15 is 0 Å². The first kappa shape index (κ1) is 50.0. The molecule has 0 bridgehead atoms. The molecule has 0 aliphatic rings. The number of hydrogen-bond donors (Lipinski definition) is 5. The van der Waals surface area contributed by atoms with Crippen LogP contribution in [-0.4, -0.2) is 64.9 Å². The van der Waals surface area contributed by atoms with Crippen LogP contribution in [0.2, 0.25) is 0 Å². The van der Waals surface area contributed by atoms with Gasteiger partial charge in [-0.1, -0.05) is 92.9 Å². The van der Waals surface area contributed by atoms with Crippen molar-refractivity contribution in [1.82, 2.24) is 0 Å². The van der Waals surface area contributed by atoms with E-state index in [9.17, 15) is 64.9 Å². The van der Waals surface area contributed by atoms with Gasteiger partial charge in [0.15, 0.2) is 0 Å². The van der Waals surface area contributed by atoms with Crippen molar-refractivity contribution in [2.45, 2.75) is 65.6 Å². The van der Waals surface area contributed by atoms with Crippen molar-refractivity contribution in [2.24, 2.45) is 11.8 Å². The number of rotatable bonds is 22. The normalized spacial score (nSPS) is 15.0. The minimum atomic E-state index is -4.68. The monoisotopic (exact) mass is 926 g/mol.